The van der Waals surface area contributed by atoms with Gasteiger partial charge in [0.2, 0.25) is 0 Å². The third-order valence-corrected chi connectivity index (χ3v) is 5.66. The second kappa shape index (κ2) is 11.1. The molecule has 4 nitrogen and oxygen atoms in total. The van der Waals surface area contributed by atoms with E-state index in [9.17, 15) is 0 Å². The lowest BCUT2D eigenvalue weighted by Gasteiger charge is -2.33. The Morgan fingerprint density at radius 2 is 1.92 bits per heavy atom. The van der Waals surface area contributed by atoms with Gasteiger partial charge in [0.15, 0.2) is 5.96 Å². The lowest BCUT2D eigenvalue weighted by molar-refractivity contribution is 0.203. The highest BCUT2D eigenvalue weighted by atomic mass is 127. The second-order valence-electron chi connectivity index (χ2n) is 7.58. The summed E-state index contributed by atoms with van der Waals surface area (Å²) in [5.41, 5.74) is 1.48. The van der Waals surface area contributed by atoms with Crippen LogP contribution < -0.4 is 10.6 Å². The molecule has 2 aliphatic rings. The molecule has 0 radical (unpaired) electrons. The third-order valence-electron chi connectivity index (χ3n) is 5.66. The van der Waals surface area contributed by atoms with Crippen LogP contribution >= 0.6 is 24.0 Å². The molecule has 1 aliphatic carbocycles. The molecular formula is C21H35IN4. The molecule has 3 rings (SSSR count). The first-order valence-corrected chi connectivity index (χ1v) is 10.0. The number of likely N-dealkylation sites (tertiary alicyclic amines) is 1. The molecule has 1 saturated heterocycles. The van der Waals surface area contributed by atoms with Gasteiger partial charge in [0, 0.05) is 32.7 Å². The molecule has 2 N–H and O–H groups in total. The third kappa shape index (κ3) is 6.41. The predicted octanol–water partition coefficient (Wildman–Crippen LogP) is 3.84. The van der Waals surface area contributed by atoms with Gasteiger partial charge in [-0.2, -0.15) is 0 Å². The number of unbranched alkanes of at least 4 members (excludes halogenated alkanes) is 1. The Morgan fingerprint density at radius 1 is 1.19 bits per heavy atom. The molecule has 1 aromatic rings. The van der Waals surface area contributed by atoms with Crippen LogP contribution in [0, 0.1) is 5.92 Å². The molecule has 2 fully saturated rings. The van der Waals surface area contributed by atoms with Crippen LogP contribution in [0.15, 0.2) is 35.3 Å². The Hall–Kier alpha value is -0.820. The highest BCUT2D eigenvalue weighted by Gasteiger charge is 2.37. The molecule has 1 aliphatic heterocycles. The summed E-state index contributed by atoms with van der Waals surface area (Å²) >= 11 is 0. The molecular weight excluding hydrogens is 435 g/mol. The predicted molar refractivity (Wildman–Crippen MR) is 122 cm³/mol. The summed E-state index contributed by atoms with van der Waals surface area (Å²) in [6.45, 7) is 6.99. The van der Waals surface area contributed by atoms with Gasteiger partial charge >= 0.3 is 0 Å². The van der Waals surface area contributed by atoms with Crippen molar-refractivity contribution in [3.05, 3.63) is 35.9 Å². The molecule has 5 heteroatoms. The van der Waals surface area contributed by atoms with Crippen molar-refractivity contribution < 1.29 is 0 Å². The van der Waals surface area contributed by atoms with Crippen LogP contribution in [0.4, 0.5) is 0 Å². The fourth-order valence-electron chi connectivity index (χ4n) is 3.88. The smallest absolute Gasteiger partial charge is 0.191 e. The van der Waals surface area contributed by atoms with E-state index in [1.54, 1.807) is 0 Å². The molecule has 2 atom stereocenters. The Balaban J connectivity index is 0.00000243. The fourth-order valence-corrected chi connectivity index (χ4v) is 3.88. The number of hydrogen-bond donors (Lipinski definition) is 2. The summed E-state index contributed by atoms with van der Waals surface area (Å²) in [4.78, 5) is 7.03. The van der Waals surface area contributed by atoms with Crippen LogP contribution in [0.5, 0.6) is 0 Å². The summed E-state index contributed by atoms with van der Waals surface area (Å²) in [5.74, 6) is 2.45. The van der Waals surface area contributed by atoms with E-state index in [0.29, 0.717) is 6.04 Å². The van der Waals surface area contributed by atoms with Crippen molar-refractivity contribution in [2.75, 3.05) is 33.2 Å². The highest BCUT2D eigenvalue weighted by Crippen LogP contribution is 2.46. The van der Waals surface area contributed by atoms with Gasteiger partial charge in [-0.15, -0.1) is 24.0 Å². The molecule has 146 valence electrons. The average molecular weight is 470 g/mol. The van der Waals surface area contributed by atoms with Gasteiger partial charge < -0.3 is 15.5 Å². The van der Waals surface area contributed by atoms with Gasteiger partial charge in [0.05, 0.1) is 0 Å². The summed E-state index contributed by atoms with van der Waals surface area (Å²) < 4.78 is 0. The molecule has 1 heterocycles. The first-order chi connectivity index (χ1) is 12.3. The number of aliphatic imine (C=N–C) groups is 1. The minimum absolute atomic E-state index is 0. The Morgan fingerprint density at radius 3 is 2.58 bits per heavy atom. The number of rotatable bonds is 7. The number of hydrogen-bond acceptors (Lipinski definition) is 2. The lowest BCUT2D eigenvalue weighted by Crippen LogP contribution is -2.49. The molecule has 0 amide bonds. The normalized spacial score (nSPS) is 24.0. The van der Waals surface area contributed by atoms with Crippen molar-refractivity contribution >= 4 is 29.9 Å². The van der Waals surface area contributed by atoms with E-state index in [-0.39, 0.29) is 24.0 Å². The van der Waals surface area contributed by atoms with E-state index in [2.05, 4.69) is 57.8 Å². The number of nitrogens with one attached hydrogen (secondary N) is 2. The minimum Gasteiger partial charge on any atom is -0.356 e. The van der Waals surface area contributed by atoms with Crippen LogP contribution in [0.1, 0.15) is 50.5 Å². The Kier molecular flexibility index (Phi) is 9.19. The van der Waals surface area contributed by atoms with E-state index in [1.165, 1.54) is 57.3 Å². The first kappa shape index (κ1) is 21.5. The number of nitrogens with zero attached hydrogens (tertiary/aromatic N) is 2. The van der Waals surface area contributed by atoms with E-state index < -0.39 is 0 Å². The lowest BCUT2D eigenvalue weighted by atomic mass is 10.0. The summed E-state index contributed by atoms with van der Waals surface area (Å²) in [6.07, 6.45) is 6.36. The summed E-state index contributed by atoms with van der Waals surface area (Å²) in [6, 6.07) is 11.5. The summed E-state index contributed by atoms with van der Waals surface area (Å²) in [5, 5.41) is 7.18. The topological polar surface area (TPSA) is 39.7 Å². The minimum atomic E-state index is 0. The molecule has 0 spiro atoms. The van der Waals surface area contributed by atoms with E-state index in [1.807, 2.05) is 7.05 Å². The summed E-state index contributed by atoms with van der Waals surface area (Å²) in [7, 11) is 1.88. The number of halogens is 1. The number of piperidine rings is 1. The van der Waals surface area contributed by atoms with Crippen molar-refractivity contribution in [2.24, 2.45) is 10.9 Å². The monoisotopic (exact) mass is 470 g/mol. The molecule has 26 heavy (non-hydrogen) atoms. The molecule has 0 aromatic heterocycles. The maximum Gasteiger partial charge on any atom is 0.191 e. The molecule has 1 saturated carbocycles. The fraction of sp³-hybridized carbons (Fsp3) is 0.667. The van der Waals surface area contributed by atoms with Crippen LogP contribution in [-0.4, -0.2) is 50.1 Å². The zero-order valence-electron chi connectivity index (χ0n) is 16.3. The van der Waals surface area contributed by atoms with E-state index in [0.717, 1.165) is 24.3 Å². The SMILES string of the molecule is CCCCN1CCC(NC(=NC)NCC2CC2c2ccccc2)CC1.I. The van der Waals surface area contributed by atoms with Crippen molar-refractivity contribution in [3.8, 4) is 0 Å². The quantitative estimate of drug-likeness (QED) is 0.362. The van der Waals surface area contributed by atoms with Crippen molar-refractivity contribution in [2.45, 2.75) is 51.0 Å². The van der Waals surface area contributed by atoms with Crippen LogP contribution in [0.2, 0.25) is 0 Å². The van der Waals surface area contributed by atoms with Gasteiger partial charge in [-0.25, -0.2) is 0 Å². The van der Waals surface area contributed by atoms with Crippen molar-refractivity contribution in [1.29, 1.82) is 0 Å². The van der Waals surface area contributed by atoms with Crippen molar-refractivity contribution in [1.82, 2.24) is 15.5 Å². The van der Waals surface area contributed by atoms with E-state index in [4.69, 9.17) is 0 Å². The standard InChI is InChI=1S/C21H34N4.HI/c1-3-4-12-25-13-10-19(11-14-25)24-21(22-2)23-16-18-15-20(18)17-8-6-5-7-9-17;/h5-9,18-20H,3-4,10-16H2,1-2H3,(H2,22,23,24);1H. The Labute approximate surface area is 176 Å². The zero-order valence-corrected chi connectivity index (χ0v) is 18.6. The van der Waals surface area contributed by atoms with Gasteiger partial charge in [0.1, 0.15) is 0 Å². The molecule has 1 aromatic carbocycles. The second-order valence-corrected chi connectivity index (χ2v) is 7.58. The molecule has 0 bridgehead atoms. The van der Waals surface area contributed by atoms with E-state index >= 15 is 0 Å². The van der Waals surface area contributed by atoms with Gasteiger partial charge in [-0.05, 0) is 49.6 Å². The van der Waals surface area contributed by atoms with Crippen LogP contribution in [-0.2, 0) is 0 Å². The maximum atomic E-state index is 4.43. The highest BCUT2D eigenvalue weighted by molar-refractivity contribution is 14.0. The van der Waals surface area contributed by atoms with Crippen molar-refractivity contribution in [3.63, 3.8) is 0 Å². The van der Waals surface area contributed by atoms with Gasteiger partial charge in [-0.1, -0.05) is 43.7 Å². The number of benzene rings is 1. The van der Waals surface area contributed by atoms with Crippen LogP contribution in [0.25, 0.3) is 0 Å². The van der Waals surface area contributed by atoms with Gasteiger partial charge in [0.25, 0.3) is 0 Å². The zero-order chi connectivity index (χ0) is 17.5. The van der Waals surface area contributed by atoms with Gasteiger partial charge in [-0.3, -0.25) is 4.99 Å². The Bertz CT molecular complexity index is 540. The molecule has 2 unspecified atom stereocenters. The number of guanidine groups is 1. The largest absolute Gasteiger partial charge is 0.356 e. The van der Waals surface area contributed by atoms with Crippen LogP contribution in [0.3, 0.4) is 0 Å². The average Bonchev–Trinajstić information content (AvgIpc) is 3.45. The first-order valence-electron chi connectivity index (χ1n) is 10.0. The maximum absolute atomic E-state index is 4.43.